The number of hydrogen-bond donors (Lipinski definition) is 1. The highest BCUT2D eigenvalue weighted by atomic mass is 35.5. The molecule has 0 saturated carbocycles. The minimum absolute atomic E-state index is 0.672. The minimum atomic E-state index is 0.672. The molecule has 0 unspecified atom stereocenters. The van der Waals surface area contributed by atoms with E-state index in [1.165, 1.54) is 0 Å². The van der Waals surface area contributed by atoms with Crippen LogP contribution in [0.15, 0.2) is 30.5 Å². The molecule has 0 aliphatic rings. The van der Waals surface area contributed by atoms with Crippen molar-refractivity contribution in [2.24, 2.45) is 0 Å². The van der Waals surface area contributed by atoms with Gasteiger partial charge in [0.1, 0.15) is 0 Å². The summed E-state index contributed by atoms with van der Waals surface area (Å²) in [5, 5.41) is 6.33. The fourth-order valence-electron chi connectivity index (χ4n) is 2.60. The predicted octanol–water partition coefficient (Wildman–Crippen LogP) is 3.45. The van der Waals surface area contributed by atoms with Crippen molar-refractivity contribution in [3.05, 3.63) is 46.9 Å². The Balaban J connectivity index is 2.10. The number of nitrogens with two attached hydrogens (primary N) is 1. The van der Waals surface area contributed by atoms with Crippen LogP contribution in [0.25, 0.3) is 10.9 Å². The number of anilines is 1. The first-order chi connectivity index (χ1) is 9.61. The molecule has 0 saturated heterocycles. The predicted molar refractivity (Wildman–Crippen MR) is 83.1 cm³/mol. The molecule has 104 valence electrons. The van der Waals surface area contributed by atoms with E-state index in [1.54, 1.807) is 0 Å². The maximum atomic E-state index is 6.37. The summed E-state index contributed by atoms with van der Waals surface area (Å²) in [5.41, 5.74) is 9.81. The number of nitrogen functional groups attached to an aromatic ring is 1. The van der Waals surface area contributed by atoms with Gasteiger partial charge in [0.25, 0.3) is 0 Å². The molecule has 4 nitrogen and oxygen atoms in total. The number of para-hydroxylation sites is 1. The molecule has 2 N–H and O–H groups in total. The molecule has 0 amide bonds. The van der Waals surface area contributed by atoms with Gasteiger partial charge in [0.2, 0.25) is 0 Å². The molecule has 0 aliphatic carbocycles. The Morgan fingerprint density at radius 3 is 2.85 bits per heavy atom. The molecular formula is C15H17ClN4. The Kier molecular flexibility index (Phi) is 3.18. The number of benzene rings is 1. The van der Waals surface area contributed by atoms with Crippen LogP contribution in [0.3, 0.4) is 0 Å². The van der Waals surface area contributed by atoms with Gasteiger partial charge in [-0.3, -0.25) is 4.68 Å². The second-order valence-corrected chi connectivity index (χ2v) is 5.27. The fourth-order valence-corrected chi connectivity index (χ4v) is 2.80. The van der Waals surface area contributed by atoms with E-state index in [0.29, 0.717) is 6.54 Å². The summed E-state index contributed by atoms with van der Waals surface area (Å²) in [5.74, 6) is 0. The molecule has 0 radical (unpaired) electrons. The molecule has 5 heteroatoms. The highest BCUT2D eigenvalue weighted by molar-refractivity contribution is 6.31. The van der Waals surface area contributed by atoms with Gasteiger partial charge in [-0.15, -0.1) is 0 Å². The third-order valence-electron chi connectivity index (χ3n) is 3.59. The highest BCUT2D eigenvalue weighted by Gasteiger charge is 2.14. The van der Waals surface area contributed by atoms with Crippen LogP contribution in [-0.4, -0.2) is 14.3 Å². The summed E-state index contributed by atoms with van der Waals surface area (Å²) in [6.07, 6.45) is 2.04. The SMILES string of the molecule is CCn1nc(C)c(Cl)c1Cn1ccc2cccc(N)c21. The molecular weight excluding hydrogens is 272 g/mol. The zero-order valence-corrected chi connectivity index (χ0v) is 12.4. The first-order valence-electron chi connectivity index (χ1n) is 6.67. The maximum absolute atomic E-state index is 6.37. The normalized spacial score (nSPS) is 11.3. The molecule has 0 spiro atoms. The van der Waals surface area contributed by atoms with Crippen LogP contribution in [0.5, 0.6) is 0 Å². The number of nitrogens with zero attached hydrogens (tertiary/aromatic N) is 3. The van der Waals surface area contributed by atoms with Crippen LogP contribution in [0.1, 0.15) is 18.3 Å². The largest absolute Gasteiger partial charge is 0.397 e. The summed E-state index contributed by atoms with van der Waals surface area (Å²) in [6, 6.07) is 8.02. The Bertz CT molecular complexity index is 770. The van der Waals surface area contributed by atoms with Gasteiger partial charge in [-0.2, -0.15) is 5.10 Å². The Labute approximate surface area is 122 Å². The lowest BCUT2D eigenvalue weighted by Gasteiger charge is -2.09. The quantitative estimate of drug-likeness (QED) is 0.751. The van der Waals surface area contributed by atoms with Gasteiger partial charge in [-0.25, -0.2) is 0 Å². The minimum Gasteiger partial charge on any atom is -0.397 e. The van der Waals surface area contributed by atoms with Crippen LogP contribution >= 0.6 is 11.6 Å². The van der Waals surface area contributed by atoms with E-state index in [-0.39, 0.29) is 0 Å². The summed E-state index contributed by atoms with van der Waals surface area (Å²) in [7, 11) is 0. The summed E-state index contributed by atoms with van der Waals surface area (Å²) in [6.45, 7) is 5.47. The molecule has 0 fully saturated rings. The van der Waals surface area contributed by atoms with Crippen molar-refractivity contribution in [3.8, 4) is 0 Å². The van der Waals surface area contributed by atoms with Crippen molar-refractivity contribution in [3.63, 3.8) is 0 Å². The third-order valence-corrected chi connectivity index (χ3v) is 4.08. The first-order valence-corrected chi connectivity index (χ1v) is 7.04. The van der Waals surface area contributed by atoms with E-state index >= 15 is 0 Å². The van der Waals surface area contributed by atoms with Crippen LogP contribution < -0.4 is 5.73 Å². The fraction of sp³-hybridized carbons (Fsp3) is 0.267. The zero-order chi connectivity index (χ0) is 14.3. The lowest BCUT2D eigenvalue weighted by Crippen LogP contribution is -2.08. The van der Waals surface area contributed by atoms with Crippen LogP contribution in [0.4, 0.5) is 5.69 Å². The summed E-state index contributed by atoms with van der Waals surface area (Å²) < 4.78 is 4.07. The number of rotatable bonds is 3. The topological polar surface area (TPSA) is 48.8 Å². The van der Waals surface area contributed by atoms with E-state index in [4.69, 9.17) is 17.3 Å². The van der Waals surface area contributed by atoms with E-state index in [9.17, 15) is 0 Å². The molecule has 2 heterocycles. The lowest BCUT2D eigenvalue weighted by atomic mass is 10.2. The van der Waals surface area contributed by atoms with Crippen LogP contribution in [0, 0.1) is 6.92 Å². The van der Waals surface area contributed by atoms with Crippen LogP contribution in [-0.2, 0) is 13.1 Å². The highest BCUT2D eigenvalue weighted by Crippen LogP contribution is 2.26. The van der Waals surface area contributed by atoms with Gasteiger partial charge in [-0.1, -0.05) is 23.7 Å². The number of halogens is 1. The van der Waals surface area contributed by atoms with Gasteiger partial charge < -0.3 is 10.3 Å². The zero-order valence-electron chi connectivity index (χ0n) is 11.6. The van der Waals surface area contributed by atoms with E-state index in [0.717, 1.165) is 39.5 Å². The second kappa shape index (κ2) is 4.87. The first kappa shape index (κ1) is 13.1. The van der Waals surface area contributed by atoms with Gasteiger partial charge in [0.05, 0.1) is 34.2 Å². The number of hydrogen-bond acceptors (Lipinski definition) is 2. The van der Waals surface area contributed by atoms with Gasteiger partial charge in [0.15, 0.2) is 0 Å². The molecule has 0 aliphatic heterocycles. The van der Waals surface area contributed by atoms with Crippen molar-refractivity contribution in [1.82, 2.24) is 14.3 Å². The number of aryl methyl sites for hydroxylation is 2. The van der Waals surface area contributed by atoms with E-state index < -0.39 is 0 Å². The number of fused-ring (bicyclic) bond motifs is 1. The Hall–Kier alpha value is -1.94. The van der Waals surface area contributed by atoms with Crippen molar-refractivity contribution in [1.29, 1.82) is 0 Å². The molecule has 3 rings (SSSR count). The molecule has 3 aromatic rings. The van der Waals surface area contributed by atoms with Crippen molar-refractivity contribution >= 4 is 28.2 Å². The standard InChI is InChI=1S/C15H17ClN4/c1-3-20-13(14(16)10(2)18-20)9-19-8-7-11-5-4-6-12(17)15(11)19/h4-8H,3,9,17H2,1-2H3. The molecule has 2 aromatic heterocycles. The van der Waals surface area contributed by atoms with Crippen molar-refractivity contribution < 1.29 is 0 Å². The Morgan fingerprint density at radius 2 is 2.10 bits per heavy atom. The lowest BCUT2D eigenvalue weighted by molar-refractivity contribution is 0.602. The summed E-state index contributed by atoms with van der Waals surface area (Å²) >= 11 is 6.37. The van der Waals surface area contributed by atoms with Crippen LogP contribution in [0.2, 0.25) is 5.02 Å². The van der Waals surface area contributed by atoms with Crippen molar-refractivity contribution in [2.75, 3.05) is 5.73 Å². The van der Waals surface area contributed by atoms with Gasteiger partial charge in [0, 0.05) is 18.1 Å². The smallest absolute Gasteiger partial charge is 0.0865 e. The monoisotopic (exact) mass is 288 g/mol. The van der Waals surface area contributed by atoms with Gasteiger partial charge >= 0.3 is 0 Å². The average molecular weight is 289 g/mol. The van der Waals surface area contributed by atoms with E-state index in [1.807, 2.05) is 29.9 Å². The number of aromatic nitrogens is 3. The average Bonchev–Trinajstić information content (AvgIpc) is 2.96. The van der Waals surface area contributed by atoms with Crippen molar-refractivity contribution in [2.45, 2.75) is 26.9 Å². The molecule has 20 heavy (non-hydrogen) atoms. The Morgan fingerprint density at radius 1 is 1.30 bits per heavy atom. The third kappa shape index (κ3) is 1.96. The molecule has 0 atom stereocenters. The maximum Gasteiger partial charge on any atom is 0.0865 e. The molecule has 1 aromatic carbocycles. The summed E-state index contributed by atoms with van der Waals surface area (Å²) in [4.78, 5) is 0. The van der Waals surface area contributed by atoms with Gasteiger partial charge in [-0.05, 0) is 26.0 Å². The molecule has 0 bridgehead atoms. The van der Waals surface area contributed by atoms with E-state index in [2.05, 4.69) is 28.7 Å². The second-order valence-electron chi connectivity index (χ2n) is 4.89.